The zero-order valence-corrected chi connectivity index (χ0v) is 14.1. The van der Waals surface area contributed by atoms with Gasteiger partial charge in [-0.3, -0.25) is 0 Å². The molecule has 0 N–H and O–H groups in total. The molecule has 122 valence electrons. The number of benzene rings is 2. The molecular formula is C20H20N2O2. The zero-order valence-electron chi connectivity index (χ0n) is 14.1. The highest BCUT2D eigenvalue weighted by atomic mass is 16.5. The van der Waals surface area contributed by atoms with Gasteiger partial charge in [-0.25, -0.2) is 9.78 Å². The first-order valence-corrected chi connectivity index (χ1v) is 7.95. The van der Waals surface area contributed by atoms with Crippen LogP contribution in [0.5, 0.6) is 0 Å². The van der Waals surface area contributed by atoms with E-state index in [1.54, 1.807) is 6.20 Å². The number of ether oxygens (including phenoxy) is 1. The molecule has 1 heterocycles. The maximum absolute atomic E-state index is 12.1. The Morgan fingerprint density at radius 1 is 1.12 bits per heavy atom. The molecule has 0 aliphatic carbocycles. The third kappa shape index (κ3) is 3.08. The number of carbonyl (C=O) groups excluding carboxylic acids is 1. The number of carbonyl (C=O) groups is 1. The van der Waals surface area contributed by atoms with Crippen molar-refractivity contribution in [3.05, 3.63) is 71.8 Å². The summed E-state index contributed by atoms with van der Waals surface area (Å²) in [5.41, 5.74) is 4.67. The van der Waals surface area contributed by atoms with E-state index in [1.807, 2.05) is 22.9 Å². The van der Waals surface area contributed by atoms with Gasteiger partial charge in [0.05, 0.1) is 12.7 Å². The van der Waals surface area contributed by atoms with E-state index in [2.05, 4.69) is 49.2 Å². The highest BCUT2D eigenvalue weighted by Crippen LogP contribution is 2.26. The van der Waals surface area contributed by atoms with Gasteiger partial charge in [0, 0.05) is 24.5 Å². The van der Waals surface area contributed by atoms with Crippen molar-refractivity contribution in [1.29, 1.82) is 0 Å². The smallest absolute Gasteiger partial charge is 0.337 e. The van der Waals surface area contributed by atoms with E-state index in [0.717, 1.165) is 29.1 Å². The molecule has 4 heteroatoms. The topological polar surface area (TPSA) is 44.1 Å². The van der Waals surface area contributed by atoms with Crippen LogP contribution in [0, 0.1) is 6.92 Å². The van der Waals surface area contributed by atoms with Crippen molar-refractivity contribution < 1.29 is 9.53 Å². The van der Waals surface area contributed by atoms with Crippen LogP contribution in [0.1, 0.15) is 28.7 Å². The number of hydrogen-bond acceptors (Lipinski definition) is 3. The third-order valence-corrected chi connectivity index (χ3v) is 4.04. The van der Waals surface area contributed by atoms with Gasteiger partial charge in [-0.2, -0.15) is 0 Å². The monoisotopic (exact) mass is 320 g/mol. The molecular weight excluding hydrogens is 300 g/mol. The van der Waals surface area contributed by atoms with E-state index >= 15 is 0 Å². The Kier molecular flexibility index (Phi) is 4.47. The lowest BCUT2D eigenvalue weighted by Gasteiger charge is -2.12. The second kappa shape index (κ2) is 6.71. The minimum absolute atomic E-state index is 0.344. The zero-order chi connectivity index (χ0) is 17.1. The molecule has 3 aromatic rings. The summed E-state index contributed by atoms with van der Waals surface area (Å²) in [5.74, 6) is 0.607. The van der Waals surface area contributed by atoms with E-state index in [-0.39, 0.29) is 5.97 Å². The first kappa shape index (κ1) is 16.0. The highest BCUT2D eigenvalue weighted by Gasteiger charge is 2.12. The van der Waals surface area contributed by atoms with E-state index in [1.165, 1.54) is 12.7 Å². The summed E-state index contributed by atoms with van der Waals surface area (Å²) in [5, 5.41) is 0. The lowest BCUT2D eigenvalue weighted by Crippen LogP contribution is -2.05. The molecule has 0 atom stereocenters. The Bertz CT molecular complexity index is 864. The van der Waals surface area contributed by atoms with E-state index in [9.17, 15) is 4.79 Å². The summed E-state index contributed by atoms with van der Waals surface area (Å²) >= 11 is 0. The minimum atomic E-state index is -0.344. The molecule has 0 spiro atoms. The predicted molar refractivity (Wildman–Crippen MR) is 94.5 cm³/mol. The van der Waals surface area contributed by atoms with Crippen molar-refractivity contribution in [2.75, 3.05) is 7.11 Å². The molecule has 1 aromatic heterocycles. The van der Waals surface area contributed by atoms with E-state index in [0.29, 0.717) is 5.56 Å². The summed E-state index contributed by atoms with van der Waals surface area (Å²) in [4.78, 5) is 16.4. The van der Waals surface area contributed by atoms with Crippen molar-refractivity contribution >= 4 is 5.97 Å². The lowest BCUT2D eigenvalue weighted by molar-refractivity contribution is 0.0600. The van der Waals surface area contributed by atoms with Gasteiger partial charge in [-0.05, 0) is 36.2 Å². The normalized spacial score (nSPS) is 10.6. The Morgan fingerprint density at radius 2 is 1.88 bits per heavy atom. The fourth-order valence-corrected chi connectivity index (χ4v) is 2.73. The van der Waals surface area contributed by atoms with Gasteiger partial charge in [0.25, 0.3) is 0 Å². The highest BCUT2D eigenvalue weighted by molar-refractivity contribution is 5.92. The molecule has 0 unspecified atom stereocenters. The Morgan fingerprint density at radius 3 is 2.54 bits per heavy atom. The number of nitrogens with zero attached hydrogens (tertiary/aromatic N) is 2. The molecule has 0 fully saturated rings. The third-order valence-electron chi connectivity index (χ3n) is 4.04. The summed E-state index contributed by atoms with van der Waals surface area (Å²) in [6.45, 7) is 4.11. The molecule has 0 radical (unpaired) electrons. The molecule has 24 heavy (non-hydrogen) atoms. The number of imidazole rings is 1. The van der Waals surface area contributed by atoms with Gasteiger partial charge < -0.3 is 9.30 Å². The van der Waals surface area contributed by atoms with Crippen LogP contribution in [0.3, 0.4) is 0 Å². The number of rotatable bonds is 4. The van der Waals surface area contributed by atoms with Crippen LogP contribution in [-0.4, -0.2) is 22.6 Å². The summed E-state index contributed by atoms with van der Waals surface area (Å²) in [7, 11) is 1.40. The van der Waals surface area contributed by atoms with E-state index < -0.39 is 0 Å². The number of esters is 1. The van der Waals surface area contributed by atoms with Crippen LogP contribution >= 0.6 is 0 Å². The van der Waals surface area contributed by atoms with Crippen LogP contribution in [-0.2, 0) is 11.2 Å². The lowest BCUT2D eigenvalue weighted by atomic mass is 10.0. The summed E-state index contributed by atoms with van der Waals surface area (Å²) in [6, 6.07) is 14.0. The van der Waals surface area contributed by atoms with Crippen molar-refractivity contribution in [1.82, 2.24) is 9.55 Å². The molecule has 4 nitrogen and oxygen atoms in total. The largest absolute Gasteiger partial charge is 0.465 e. The average molecular weight is 320 g/mol. The summed E-state index contributed by atoms with van der Waals surface area (Å²) in [6.07, 6.45) is 4.50. The average Bonchev–Trinajstić information content (AvgIpc) is 3.10. The molecule has 0 amide bonds. The van der Waals surface area contributed by atoms with Gasteiger partial charge in [0.15, 0.2) is 0 Å². The Balaban J connectivity index is 2.17. The summed E-state index contributed by atoms with van der Waals surface area (Å²) < 4.78 is 6.92. The first-order chi connectivity index (χ1) is 11.6. The van der Waals surface area contributed by atoms with Crippen LogP contribution in [0.25, 0.3) is 16.8 Å². The fraction of sp³-hybridized carbons (Fsp3) is 0.200. The Hall–Kier alpha value is -2.88. The molecule has 0 aliphatic heterocycles. The molecule has 0 aliphatic rings. The maximum atomic E-state index is 12.1. The molecule has 0 saturated heterocycles. The van der Waals surface area contributed by atoms with Crippen LogP contribution in [0.15, 0.2) is 54.9 Å². The molecule has 2 aromatic carbocycles. The van der Waals surface area contributed by atoms with Crippen molar-refractivity contribution in [2.24, 2.45) is 0 Å². The number of hydrogen-bond donors (Lipinski definition) is 0. The molecule has 0 bridgehead atoms. The van der Waals surface area contributed by atoms with Gasteiger partial charge in [0.1, 0.15) is 5.82 Å². The molecule has 3 rings (SSSR count). The second-order valence-corrected chi connectivity index (χ2v) is 5.69. The fourth-order valence-electron chi connectivity index (χ4n) is 2.73. The Labute approximate surface area is 141 Å². The number of aromatic nitrogens is 2. The van der Waals surface area contributed by atoms with Crippen LogP contribution < -0.4 is 0 Å². The maximum Gasteiger partial charge on any atom is 0.337 e. The standard InChI is InChI=1S/C20H20N2O2/c1-4-19-21-9-10-22(19)18-12-16(11-17(13-18)20(23)24-3)15-7-5-14(2)6-8-15/h5-13H,4H2,1-3H3. The SMILES string of the molecule is CCc1nccn1-c1cc(C(=O)OC)cc(-c2ccc(C)cc2)c1. The minimum Gasteiger partial charge on any atom is -0.465 e. The van der Waals surface area contributed by atoms with Gasteiger partial charge >= 0.3 is 5.97 Å². The van der Waals surface area contributed by atoms with Gasteiger partial charge in [0.2, 0.25) is 0 Å². The predicted octanol–water partition coefficient (Wildman–Crippen LogP) is 4.20. The van der Waals surface area contributed by atoms with Crippen LogP contribution in [0.4, 0.5) is 0 Å². The van der Waals surface area contributed by atoms with Crippen molar-refractivity contribution in [3.63, 3.8) is 0 Å². The quantitative estimate of drug-likeness (QED) is 0.677. The number of methoxy groups -OCH3 is 1. The van der Waals surface area contributed by atoms with Crippen molar-refractivity contribution in [3.8, 4) is 16.8 Å². The molecule has 0 saturated carbocycles. The van der Waals surface area contributed by atoms with Gasteiger partial charge in [-0.15, -0.1) is 0 Å². The van der Waals surface area contributed by atoms with Crippen LogP contribution in [0.2, 0.25) is 0 Å². The first-order valence-electron chi connectivity index (χ1n) is 7.95. The van der Waals surface area contributed by atoms with Crippen molar-refractivity contribution in [2.45, 2.75) is 20.3 Å². The number of aryl methyl sites for hydroxylation is 2. The van der Waals surface area contributed by atoms with Gasteiger partial charge in [-0.1, -0.05) is 36.8 Å². The second-order valence-electron chi connectivity index (χ2n) is 5.69. The van der Waals surface area contributed by atoms with E-state index in [4.69, 9.17) is 4.74 Å².